The number of piperidine rings is 1. The molecule has 11 nitrogen and oxygen atoms in total. The van der Waals surface area contributed by atoms with E-state index in [1.54, 1.807) is 16.7 Å². The Balaban J connectivity index is 1.39. The molecule has 0 aliphatic carbocycles. The third-order valence-corrected chi connectivity index (χ3v) is 10.4. The van der Waals surface area contributed by atoms with Gasteiger partial charge in [0.1, 0.15) is 5.00 Å². The third-order valence-electron chi connectivity index (χ3n) is 7.39. The largest absolute Gasteiger partial charge is 0.450 e. The summed E-state index contributed by atoms with van der Waals surface area (Å²) in [6, 6.07) is 5.89. The number of nitrogens with one attached hydrogen (secondary N) is 1. The van der Waals surface area contributed by atoms with Crippen molar-refractivity contribution in [2.24, 2.45) is 0 Å². The Morgan fingerprint density at radius 1 is 0.975 bits per heavy atom. The first-order valence-electron chi connectivity index (χ1n) is 13.6. The van der Waals surface area contributed by atoms with E-state index in [4.69, 9.17) is 9.47 Å². The van der Waals surface area contributed by atoms with Gasteiger partial charge in [-0.15, -0.1) is 11.3 Å². The van der Waals surface area contributed by atoms with Crippen LogP contribution in [0.15, 0.2) is 29.2 Å². The normalized spacial score (nSPS) is 18.2. The number of amides is 3. The smallest absolute Gasteiger partial charge is 0.410 e. The lowest BCUT2D eigenvalue weighted by molar-refractivity contribution is 0.0303. The Morgan fingerprint density at radius 3 is 2.35 bits per heavy atom. The fourth-order valence-corrected chi connectivity index (χ4v) is 7.99. The Hall–Kier alpha value is -3.00. The van der Waals surface area contributed by atoms with Crippen LogP contribution in [0.5, 0.6) is 0 Å². The first kappa shape index (κ1) is 28.5. The second kappa shape index (κ2) is 12.2. The van der Waals surface area contributed by atoms with Crippen molar-refractivity contribution in [3.8, 4) is 0 Å². The molecule has 4 heterocycles. The van der Waals surface area contributed by atoms with Gasteiger partial charge in [-0.3, -0.25) is 9.59 Å². The number of thiophene rings is 1. The average molecular weight is 591 g/mol. The Kier molecular flexibility index (Phi) is 8.74. The van der Waals surface area contributed by atoms with Crippen molar-refractivity contribution < 1.29 is 32.3 Å². The zero-order valence-corrected chi connectivity index (χ0v) is 24.2. The fourth-order valence-electron chi connectivity index (χ4n) is 5.22. The molecule has 0 unspecified atom stereocenters. The van der Waals surface area contributed by atoms with E-state index in [1.165, 1.54) is 39.9 Å². The monoisotopic (exact) mass is 590 g/mol. The molecular formula is C27H34N4O7S2. The number of benzene rings is 1. The number of nitrogens with zero attached hydrogens (tertiary/aromatic N) is 3. The van der Waals surface area contributed by atoms with E-state index in [0.717, 1.165) is 29.7 Å². The van der Waals surface area contributed by atoms with Gasteiger partial charge < -0.3 is 24.6 Å². The molecule has 2 aromatic rings. The van der Waals surface area contributed by atoms with E-state index >= 15 is 0 Å². The molecule has 0 spiro atoms. The predicted molar refractivity (Wildman–Crippen MR) is 149 cm³/mol. The Labute approximate surface area is 238 Å². The first-order chi connectivity index (χ1) is 19.3. The SMILES string of the molecule is CCOC(=O)N1CCc2c(sc(NC(=O)c3ccc(S(=O)(=O)N4CCCCC4)cc3)c2C(=O)N2CCOCC2)C1. The highest BCUT2D eigenvalue weighted by Crippen LogP contribution is 2.38. The third kappa shape index (κ3) is 5.87. The number of rotatable bonds is 6. The quantitative estimate of drug-likeness (QED) is 0.548. The van der Waals surface area contributed by atoms with Crippen molar-refractivity contribution in [1.29, 1.82) is 0 Å². The molecule has 216 valence electrons. The van der Waals surface area contributed by atoms with Crippen LogP contribution in [-0.4, -0.2) is 93.0 Å². The van der Waals surface area contributed by atoms with Crippen LogP contribution in [0.1, 0.15) is 57.3 Å². The number of ether oxygens (including phenoxy) is 2. The number of sulfonamides is 1. The molecule has 5 rings (SSSR count). The molecule has 0 radical (unpaired) electrons. The topological polar surface area (TPSA) is 126 Å². The second-order valence-corrected chi connectivity index (χ2v) is 13.0. The van der Waals surface area contributed by atoms with Gasteiger partial charge in [-0.1, -0.05) is 6.42 Å². The zero-order valence-electron chi connectivity index (χ0n) is 22.5. The van der Waals surface area contributed by atoms with Crippen LogP contribution in [0.4, 0.5) is 9.80 Å². The number of fused-ring (bicyclic) bond motifs is 1. The van der Waals surface area contributed by atoms with Gasteiger partial charge in [-0.2, -0.15) is 4.31 Å². The van der Waals surface area contributed by atoms with Crippen LogP contribution in [0.25, 0.3) is 0 Å². The molecule has 40 heavy (non-hydrogen) atoms. The molecule has 2 saturated heterocycles. The summed E-state index contributed by atoms with van der Waals surface area (Å²) < 4.78 is 38.0. The summed E-state index contributed by atoms with van der Waals surface area (Å²) in [6.07, 6.45) is 2.76. The van der Waals surface area contributed by atoms with Crippen LogP contribution >= 0.6 is 11.3 Å². The maximum Gasteiger partial charge on any atom is 0.410 e. The maximum absolute atomic E-state index is 13.6. The van der Waals surface area contributed by atoms with Gasteiger partial charge in [0.25, 0.3) is 11.8 Å². The molecule has 3 aliphatic heterocycles. The van der Waals surface area contributed by atoms with Crippen molar-refractivity contribution in [2.45, 2.75) is 44.0 Å². The molecule has 3 amide bonds. The number of morpholine rings is 1. The Bertz CT molecular complexity index is 1360. The van der Waals surface area contributed by atoms with Gasteiger partial charge in [0.2, 0.25) is 10.0 Å². The first-order valence-corrected chi connectivity index (χ1v) is 15.9. The van der Waals surface area contributed by atoms with E-state index in [9.17, 15) is 22.8 Å². The Morgan fingerprint density at radius 2 is 1.68 bits per heavy atom. The highest BCUT2D eigenvalue weighted by Gasteiger charge is 2.33. The molecule has 0 saturated carbocycles. The summed E-state index contributed by atoms with van der Waals surface area (Å²) in [5.41, 5.74) is 1.56. The molecule has 13 heteroatoms. The fraction of sp³-hybridized carbons (Fsp3) is 0.519. The number of carbonyl (C=O) groups is 3. The molecule has 1 aromatic heterocycles. The van der Waals surface area contributed by atoms with Gasteiger partial charge >= 0.3 is 6.09 Å². The lowest BCUT2D eigenvalue weighted by Gasteiger charge is -2.29. The molecule has 1 N–H and O–H groups in total. The average Bonchev–Trinajstić information content (AvgIpc) is 3.34. The lowest BCUT2D eigenvalue weighted by Crippen LogP contribution is -2.41. The van der Waals surface area contributed by atoms with Crippen molar-refractivity contribution in [3.63, 3.8) is 0 Å². The zero-order chi connectivity index (χ0) is 28.3. The van der Waals surface area contributed by atoms with Crippen molar-refractivity contribution in [2.75, 3.05) is 57.9 Å². The summed E-state index contributed by atoms with van der Waals surface area (Å²) >= 11 is 1.28. The van der Waals surface area contributed by atoms with Gasteiger partial charge in [-0.25, -0.2) is 13.2 Å². The standard InChI is InChI=1S/C27H34N4O7S2/c1-2-38-27(34)30-13-10-21-22(18-30)39-25(23(21)26(33)29-14-16-37-17-15-29)28-24(32)19-6-8-20(9-7-19)40(35,36)31-11-4-3-5-12-31/h6-9H,2-5,10-18H2,1H3,(H,28,32). The van der Waals surface area contributed by atoms with E-state index < -0.39 is 22.0 Å². The van der Waals surface area contributed by atoms with E-state index in [1.807, 2.05) is 0 Å². The van der Waals surface area contributed by atoms with Crippen LogP contribution < -0.4 is 5.32 Å². The number of carbonyl (C=O) groups excluding carboxylic acids is 3. The van der Waals surface area contributed by atoms with E-state index in [-0.39, 0.29) is 23.0 Å². The summed E-state index contributed by atoms with van der Waals surface area (Å²) in [6.45, 7) is 5.53. The minimum atomic E-state index is -3.61. The van der Waals surface area contributed by atoms with Crippen LogP contribution in [0, 0.1) is 0 Å². The highest BCUT2D eigenvalue weighted by atomic mass is 32.2. The van der Waals surface area contributed by atoms with E-state index in [2.05, 4.69) is 5.32 Å². The van der Waals surface area contributed by atoms with Crippen molar-refractivity contribution in [3.05, 3.63) is 45.8 Å². The molecular weight excluding hydrogens is 556 g/mol. The van der Waals surface area contributed by atoms with Crippen LogP contribution in [0.2, 0.25) is 0 Å². The maximum atomic E-state index is 13.6. The van der Waals surface area contributed by atoms with Crippen LogP contribution in [0.3, 0.4) is 0 Å². The number of anilines is 1. The second-order valence-electron chi connectivity index (χ2n) is 9.93. The number of hydrogen-bond donors (Lipinski definition) is 1. The van der Waals surface area contributed by atoms with Gasteiger partial charge in [0.15, 0.2) is 0 Å². The summed E-state index contributed by atoms with van der Waals surface area (Å²) in [5, 5.41) is 3.32. The molecule has 2 fully saturated rings. The van der Waals surface area contributed by atoms with Crippen LogP contribution in [-0.2, 0) is 32.5 Å². The number of hydrogen-bond acceptors (Lipinski definition) is 8. The molecule has 0 bridgehead atoms. The predicted octanol–water partition coefficient (Wildman–Crippen LogP) is 3.16. The molecule has 3 aliphatic rings. The minimum absolute atomic E-state index is 0.153. The van der Waals surface area contributed by atoms with Crippen molar-refractivity contribution >= 4 is 44.3 Å². The minimum Gasteiger partial charge on any atom is -0.450 e. The van der Waals surface area contributed by atoms with Gasteiger partial charge in [0, 0.05) is 43.2 Å². The summed E-state index contributed by atoms with van der Waals surface area (Å²) in [4.78, 5) is 43.6. The highest BCUT2D eigenvalue weighted by molar-refractivity contribution is 7.89. The van der Waals surface area contributed by atoms with Gasteiger partial charge in [-0.05, 0) is 56.0 Å². The van der Waals surface area contributed by atoms with Gasteiger partial charge in [0.05, 0.1) is 36.8 Å². The molecule has 1 aromatic carbocycles. The van der Waals surface area contributed by atoms with Crippen molar-refractivity contribution in [1.82, 2.24) is 14.1 Å². The van der Waals surface area contributed by atoms with E-state index in [0.29, 0.717) is 69.5 Å². The summed E-state index contributed by atoms with van der Waals surface area (Å²) in [5.74, 6) is -0.623. The summed E-state index contributed by atoms with van der Waals surface area (Å²) in [7, 11) is -3.61. The molecule has 0 atom stereocenters. The lowest BCUT2D eigenvalue weighted by atomic mass is 10.0.